The number of nitriles is 1. The molecule has 1 aliphatic carbocycles. The summed E-state index contributed by atoms with van der Waals surface area (Å²) in [5.41, 5.74) is 3.72. The number of fused-ring (bicyclic) bond motifs is 2. The van der Waals surface area contributed by atoms with E-state index in [0.29, 0.717) is 29.5 Å². The highest BCUT2D eigenvalue weighted by atomic mass is 35.5. The van der Waals surface area contributed by atoms with E-state index in [9.17, 15) is 4.79 Å². The van der Waals surface area contributed by atoms with Crippen LogP contribution in [0.15, 0.2) is 36.4 Å². The van der Waals surface area contributed by atoms with E-state index < -0.39 is 0 Å². The molecule has 5 nitrogen and oxygen atoms in total. The van der Waals surface area contributed by atoms with Crippen LogP contribution in [-0.2, 0) is 12.8 Å². The van der Waals surface area contributed by atoms with Gasteiger partial charge in [0.15, 0.2) is 5.78 Å². The number of hydrogen-bond acceptors (Lipinski definition) is 5. The number of nitrogens with zero attached hydrogens (tertiary/aromatic N) is 2. The molecule has 2 heterocycles. The van der Waals surface area contributed by atoms with Gasteiger partial charge in [0.1, 0.15) is 17.1 Å². The number of carbonyl (C=O) groups excluding carboxylic acids is 1. The van der Waals surface area contributed by atoms with E-state index in [1.165, 1.54) is 11.1 Å². The van der Waals surface area contributed by atoms with Crippen LogP contribution in [0.5, 0.6) is 11.5 Å². The molecular weight excluding hydrogens is 412 g/mol. The first kappa shape index (κ1) is 21.7. The lowest BCUT2D eigenvalue weighted by molar-refractivity contribution is -0.0201. The Morgan fingerprint density at radius 1 is 1.16 bits per heavy atom. The minimum atomic E-state index is -0.372. The van der Waals surface area contributed by atoms with E-state index in [0.717, 1.165) is 50.8 Å². The van der Waals surface area contributed by atoms with Crippen molar-refractivity contribution in [3.63, 3.8) is 0 Å². The Bertz CT molecular complexity index is 1040. The fourth-order valence-electron chi connectivity index (χ4n) is 5.29. The molecule has 2 aromatic rings. The van der Waals surface area contributed by atoms with Gasteiger partial charge in [-0.15, -0.1) is 12.4 Å². The number of rotatable bonds is 2. The monoisotopic (exact) mass is 438 g/mol. The van der Waals surface area contributed by atoms with Gasteiger partial charge in [-0.2, -0.15) is 5.26 Å². The lowest BCUT2D eigenvalue weighted by atomic mass is 9.80. The van der Waals surface area contributed by atoms with Gasteiger partial charge in [-0.1, -0.05) is 6.07 Å². The molecule has 0 amide bonds. The molecule has 1 fully saturated rings. The molecule has 2 aliphatic heterocycles. The predicted octanol–water partition coefficient (Wildman–Crippen LogP) is 4.35. The molecule has 162 valence electrons. The number of ketones is 1. The van der Waals surface area contributed by atoms with Crippen LogP contribution in [-0.4, -0.2) is 42.5 Å². The second-order valence-corrected chi connectivity index (χ2v) is 8.78. The van der Waals surface area contributed by atoms with Crippen molar-refractivity contribution in [2.75, 3.05) is 20.2 Å². The van der Waals surface area contributed by atoms with Gasteiger partial charge in [0, 0.05) is 32.0 Å². The number of benzene rings is 2. The molecule has 0 N–H and O–H groups in total. The zero-order valence-corrected chi connectivity index (χ0v) is 18.5. The number of ether oxygens (including phenoxy) is 2. The molecule has 3 aliphatic rings. The van der Waals surface area contributed by atoms with Crippen LogP contribution in [0.4, 0.5) is 0 Å². The van der Waals surface area contributed by atoms with E-state index in [-0.39, 0.29) is 23.8 Å². The van der Waals surface area contributed by atoms with Crippen molar-refractivity contribution in [2.45, 2.75) is 50.2 Å². The summed E-state index contributed by atoms with van der Waals surface area (Å²) in [5.74, 6) is 1.54. The third kappa shape index (κ3) is 4.03. The molecule has 31 heavy (non-hydrogen) atoms. The Morgan fingerprint density at radius 2 is 1.97 bits per heavy atom. The van der Waals surface area contributed by atoms with Crippen LogP contribution in [0.2, 0.25) is 0 Å². The molecular formula is C25H27ClN2O3. The summed E-state index contributed by atoms with van der Waals surface area (Å²) >= 11 is 0. The molecule has 1 atom stereocenters. The van der Waals surface area contributed by atoms with Gasteiger partial charge < -0.3 is 9.47 Å². The molecule has 2 aromatic carbocycles. The number of halogens is 1. The summed E-state index contributed by atoms with van der Waals surface area (Å²) in [6, 6.07) is 14.4. The molecule has 6 heteroatoms. The lowest BCUT2D eigenvalue weighted by Crippen LogP contribution is -2.54. The van der Waals surface area contributed by atoms with Gasteiger partial charge in [0.25, 0.3) is 0 Å². The standard InChI is InChI=1S/C25H26N2O3.ClH/c1-29-21-6-7-24-22(14-21)23(28)15-25(30-24)8-10-27(11-9-25)20-5-4-18-12-17(16-26)2-3-19(18)13-20;/h2-3,6-7,12,14,20H,4-5,8-11,13,15H2,1H3;1H/t20-;/m1./s1. The molecule has 0 aromatic heterocycles. The first-order chi connectivity index (χ1) is 14.6. The molecule has 0 bridgehead atoms. The van der Waals surface area contributed by atoms with Crippen LogP contribution < -0.4 is 9.47 Å². The smallest absolute Gasteiger partial charge is 0.170 e. The van der Waals surface area contributed by atoms with Crippen molar-refractivity contribution < 1.29 is 14.3 Å². The van der Waals surface area contributed by atoms with Gasteiger partial charge >= 0.3 is 0 Å². The third-order valence-corrected chi connectivity index (χ3v) is 7.06. The Kier molecular flexibility index (Phi) is 5.96. The molecule has 0 saturated carbocycles. The summed E-state index contributed by atoms with van der Waals surface area (Å²) in [6.45, 7) is 1.91. The minimum Gasteiger partial charge on any atom is -0.497 e. The SMILES string of the molecule is COc1ccc2c(c1)C(=O)CC1(CCN([C@@H]3CCc4cc(C#N)ccc4C3)CC1)O2.Cl. The predicted molar refractivity (Wildman–Crippen MR) is 120 cm³/mol. The maximum Gasteiger partial charge on any atom is 0.170 e. The van der Waals surface area contributed by atoms with E-state index >= 15 is 0 Å². The van der Waals surface area contributed by atoms with Crippen molar-refractivity contribution >= 4 is 18.2 Å². The number of aryl methyl sites for hydroxylation is 1. The topological polar surface area (TPSA) is 62.6 Å². The summed E-state index contributed by atoms with van der Waals surface area (Å²) < 4.78 is 11.7. The zero-order valence-electron chi connectivity index (χ0n) is 17.7. The highest BCUT2D eigenvalue weighted by Gasteiger charge is 2.44. The number of likely N-dealkylation sites (tertiary alicyclic amines) is 1. The number of carbonyl (C=O) groups is 1. The number of piperidine rings is 1. The first-order valence-corrected chi connectivity index (χ1v) is 10.8. The zero-order chi connectivity index (χ0) is 20.7. The van der Waals surface area contributed by atoms with E-state index in [2.05, 4.69) is 17.0 Å². The van der Waals surface area contributed by atoms with E-state index in [4.69, 9.17) is 14.7 Å². The number of methoxy groups -OCH3 is 1. The van der Waals surface area contributed by atoms with Crippen LogP contribution in [0.1, 0.15) is 52.7 Å². The molecule has 5 rings (SSSR count). The van der Waals surface area contributed by atoms with Gasteiger partial charge in [-0.05, 0) is 60.7 Å². The van der Waals surface area contributed by atoms with E-state index in [1.807, 2.05) is 24.3 Å². The first-order valence-electron chi connectivity index (χ1n) is 10.8. The normalized spacial score (nSPS) is 21.8. The Morgan fingerprint density at radius 3 is 2.71 bits per heavy atom. The van der Waals surface area contributed by atoms with Crippen molar-refractivity contribution in [2.24, 2.45) is 0 Å². The number of hydrogen-bond donors (Lipinski definition) is 0. The minimum absolute atomic E-state index is 0. The van der Waals surface area contributed by atoms with Gasteiger partial charge in [0.2, 0.25) is 0 Å². The highest BCUT2D eigenvalue weighted by Crippen LogP contribution is 2.41. The second kappa shape index (κ2) is 8.53. The van der Waals surface area contributed by atoms with Crippen LogP contribution in [0.3, 0.4) is 0 Å². The fourth-order valence-corrected chi connectivity index (χ4v) is 5.29. The average molecular weight is 439 g/mol. The largest absolute Gasteiger partial charge is 0.497 e. The van der Waals surface area contributed by atoms with Crippen LogP contribution in [0, 0.1) is 11.3 Å². The highest BCUT2D eigenvalue weighted by molar-refractivity contribution is 6.00. The van der Waals surface area contributed by atoms with Gasteiger partial charge in [-0.25, -0.2) is 0 Å². The quantitative estimate of drug-likeness (QED) is 0.697. The van der Waals surface area contributed by atoms with E-state index in [1.54, 1.807) is 13.2 Å². The Labute approximate surface area is 189 Å². The second-order valence-electron chi connectivity index (χ2n) is 8.78. The summed E-state index contributed by atoms with van der Waals surface area (Å²) in [5, 5.41) is 9.12. The molecule has 1 spiro atoms. The molecule has 0 radical (unpaired) electrons. The lowest BCUT2D eigenvalue weighted by Gasteiger charge is -2.46. The van der Waals surface area contributed by atoms with Crippen LogP contribution >= 0.6 is 12.4 Å². The molecule has 0 unspecified atom stereocenters. The summed E-state index contributed by atoms with van der Waals surface area (Å²) in [6.07, 6.45) is 5.39. The van der Waals surface area contributed by atoms with Crippen molar-refractivity contribution in [1.29, 1.82) is 5.26 Å². The fraction of sp³-hybridized carbons (Fsp3) is 0.440. The third-order valence-electron chi connectivity index (χ3n) is 7.06. The Balaban J connectivity index is 0.00000231. The maximum absolute atomic E-state index is 12.8. The average Bonchev–Trinajstić information content (AvgIpc) is 2.78. The summed E-state index contributed by atoms with van der Waals surface area (Å²) in [7, 11) is 1.61. The summed E-state index contributed by atoms with van der Waals surface area (Å²) in [4.78, 5) is 15.4. The van der Waals surface area contributed by atoms with Crippen molar-refractivity contribution in [1.82, 2.24) is 4.90 Å². The van der Waals surface area contributed by atoms with Gasteiger partial charge in [0.05, 0.1) is 30.7 Å². The molecule has 1 saturated heterocycles. The maximum atomic E-state index is 12.8. The van der Waals surface area contributed by atoms with Gasteiger partial charge in [-0.3, -0.25) is 9.69 Å². The number of Topliss-reactive ketones (excluding diaryl/α,β-unsaturated/α-hetero) is 1. The van der Waals surface area contributed by atoms with Crippen molar-refractivity contribution in [3.8, 4) is 17.6 Å². The van der Waals surface area contributed by atoms with Crippen LogP contribution in [0.25, 0.3) is 0 Å². The Hall–Kier alpha value is -2.55. The van der Waals surface area contributed by atoms with Crippen molar-refractivity contribution in [3.05, 3.63) is 58.7 Å².